The first-order chi connectivity index (χ1) is 30.5. The highest BCUT2D eigenvalue weighted by molar-refractivity contribution is 5.80. The van der Waals surface area contributed by atoms with Crippen LogP contribution < -0.4 is 5.32 Å². The molecule has 0 aromatic carbocycles. The molecule has 0 rings (SSSR count). The number of allylic oxidation sites excluding steroid dienone is 2. The second-order valence-corrected chi connectivity index (χ2v) is 19.6. The molecule has 0 aliphatic carbocycles. The minimum atomic E-state index is -1.28. The molecule has 0 aliphatic rings. The molecule has 0 aromatic rings. The summed E-state index contributed by atoms with van der Waals surface area (Å²) in [7, 11) is 0. The zero-order valence-electron chi connectivity index (χ0n) is 41.9. The first-order valence-corrected chi connectivity index (χ1v) is 28.1. The first-order valence-electron chi connectivity index (χ1n) is 28.1. The summed E-state index contributed by atoms with van der Waals surface area (Å²) in [6.07, 6.45) is 60.0. The Hall–Kier alpha value is -0.950. The van der Waals surface area contributed by atoms with E-state index >= 15 is 0 Å². The van der Waals surface area contributed by atoms with Gasteiger partial charge in [-0.3, -0.25) is 4.79 Å². The monoisotopic (exact) mass is 878 g/mol. The molecule has 0 bridgehead atoms. The summed E-state index contributed by atoms with van der Waals surface area (Å²) in [6.45, 7) is 4.08. The highest BCUT2D eigenvalue weighted by Gasteiger charge is 2.28. The fourth-order valence-electron chi connectivity index (χ4n) is 9.06. The van der Waals surface area contributed by atoms with Crippen LogP contribution in [0.1, 0.15) is 309 Å². The first kappa shape index (κ1) is 61.0. The van der Waals surface area contributed by atoms with E-state index in [9.17, 15) is 25.2 Å². The summed E-state index contributed by atoms with van der Waals surface area (Å²) in [5.41, 5.74) is 0. The number of hydrogen-bond acceptors (Lipinski definition) is 5. The summed E-state index contributed by atoms with van der Waals surface area (Å²) in [4.78, 5) is 12.6. The lowest BCUT2D eigenvalue weighted by atomic mass is 10.00. The van der Waals surface area contributed by atoms with Crippen molar-refractivity contribution in [2.45, 2.75) is 334 Å². The SMILES string of the molecule is CCCCCCCCCCCCCCCCCC/C=C/CCCC(O)C(O)C(CO)NC(=O)C(O)CCCCCCCCCCCCCCCCCCCCCCCCCCC. The highest BCUT2D eigenvalue weighted by Crippen LogP contribution is 2.18. The van der Waals surface area contributed by atoms with Crippen LogP contribution in [0.25, 0.3) is 0 Å². The van der Waals surface area contributed by atoms with Crippen molar-refractivity contribution in [2.24, 2.45) is 0 Å². The number of nitrogens with one attached hydrogen (secondary N) is 1. The third-order valence-corrected chi connectivity index (χ3v) is 13.5. The van der Waals surface area contributed by atoms with E-state index in [0.29, 0.717) is 12.8 Å². The Morgan fingerprint density at radius 1 is 0.387 bits per heavy atom. The van der Waals surface area contributed by atoms with Crippen molar-refractivity contribution < 1.29 is 25.2 Å². The van der Waals surface area contributed by atoms with Crippen LogP contribution in [0.15, 0.2) is 12.2 Å². The third-order valence-electron chi connectivity index (χ3n) is 13.5. The van der Waals surface area contributed by atoms with Crippen molar-refractivity contribution in [3.8, 4) is 0 Å². The van der Waals surface area contributed by atoms with Gasteiger partial charge in [0.2, 0.25) is 5.91 Å². The van der Waals surface area contributed by atoms with E-state index in [0.717, 1.165) is 38.5 Å². The van der Waals surface area contributed by atoms with Crippen LogP contribution in [0.2, 0.25) is 0 Å². The fourth-order valence-corrected chi connectivity index (χ4v) is 9.06. The summed E-state index contributed by atoms with van der Waals surface area (Å²) in [5, 5.41) is 44.0. The molecule has 4 atom stereocenters. The van der Waals surface area contributed by atoms with Gasteiger partial charge in [0.15, 0.2) is 0 Å². The molecule has 6 heteroatoms. The lowest BCUT2D eigenvalue weighted by molar-refractivity contribution is -0.132. The molecular formula is C56H111NO5. The smallest absolute Gasteiger partial charge is 0.249 e. The topological polar surface area (TPSA) is 110 Å². The molecule has 6 nitrogen and oxygen atoms in total. The van der Waals surface area contributed by atoms with Crippen LogP contribution in [0.3, 0.4) is 0 Å². The summed E-state index contributed by atoms with van der Waals surface area (Å²) >= 11 is 0. The standard InChI is InChI=1S/C56H111NO5/c1-3-5-7-9-11-13-15-17-19-21-23-25-26-27-28-30-32-34-36-38-40-42-44-46-48-50-54(60)56(62)57-52(51-58)55(61)53(59)49-47-45-43-41-39-37-35-33-31-29-24-22-20-18-16-14-12-10-8-6-4-2/h41,43,52-55,58-61H,3-40,42,44-51H2,1-2H3,(H,57,62)/b43-41+. The van der Waals surface area contributed by atoms with E-state index in [4.69, 9.17) is 0 Å². The molecule has 0 aliphatic heterocycles. The molecule has 0 saturated heterocycles. The molecule has 0 radical (unpaired) electrons. The van der Waals surface area contributed by atoms with Crippen molar-refractivity contribution >= 4 is 5.91 Å². The molecule has 5 N–H and O–H groups in total. The van der Waals surface area contributed by atoms with Gasteiger partial charge in [-0.15, -0.1) is 0 Å². The maximum Gasteiger partial charge on any atom is 0.249 e. The van der Waals surface area contributed by atoms with Crippen LogP contribution in [0.4, 0.5) is 0 Å². The van der Waals surface area contributed by atoms with Gasteiger partial charge in [-0.2, -0.15) is 0 Å². The van der Waals surface area contributed by atoms with Gasteiger partial charge < -0.3 is 25.7 Å². The van der Waals surface area contributed by atoms with Crippen molar-refractivity contribution in [1.29, 1.82) is 0 Å². The van der Waals surface area contributed by atoms with E-state index in [1.807, 2.05) is 0 Å². The highest BCUT2D eigenvalue weighted by atomic mass is 16.3. The molecule has 62 heavy (non-hydrogen) atoms. The average molecular weight is 879 g/mol. The van der Waals surface area contributed by atoms with Crippen molar-refractivity contribution in [3.05, 3.63) is 12.2 Å². The Labute approximate surface area is 387 Å². The minimum absolute atomic E-state index is 0.369. The van der Waals surface area contributed by atoms with Gasteiger partial charge in [0.1, 0.15) is 12.2 Å². The lowest BCUT2D eigenvalue weighted by Gasteiger charge is -2.27. The number of rotatable bonds is 52. The van der Waals surface area contributed by atoms with Crippen LogP contribution in [0.5, 0.6) is 0 Å². The van der Waals surface area contributed by atoms with Crippen LogP contribution in [-0.4, -0.2) is 57.3 Å². The van der Waals surface area contributed by atoms with Gasteiger partial charge in [0, 0.05) is 0 Å². The number of aliphatic hydroxyl groups excluding tert-OH is 4. The van der Waals surface area contributed by atoms with Crippen molar-refractivity contribution in [1.82, 2.24) is 5.32 Å². The Balaban J connectivity index is 3.63. The third kappa shape index (κ3) is 44.3. The van der Waals surface area contributed by atoms with E-state index in [-0.39, 0.29) is 0 Å². The van der Waals surface area contributed by atoms with Gasteiger partial charge in [0.25, 0.3) is 0 Å². The van der Waals surface area contributed by atoms with Crippen molar-refractivity contribution in [2.75, 3.05) is 6.61 Å². The molecule has 0 fully saturated rings. The minimum Gasteiger partial charge on any atom is -0.394 e. The second kappa shape index (κ2) is 51.0. The number of amides is 1. The number of carbonyl (C=O) groups excluding carboxylic acids is 1. The predicted molar refractivity (Wildman–Crippen MR) is 270 cm³/mol. The molecule has 4 unspecified atom stereocenters. The zero-order valence-corrected chi connectivity index (χ0v) is 41.9. The Bertz CT molecular complexity index is 898. The normalized spacial score (nSPS) is 13.8. The van der Waals surface area contributed by atoms with E-state index in [1.54, 1.807) is 0 Å². The lowest BCUT2D eigenvalue weighted by Crippen LogP contribution is -2.53. The Morgan fingerprint density at radius 3 is 0.968 bits per heavy atom. The zero-order chi connectivity index (χ0) is 45.2. The van der Waals surface area contributed by atoms with E-state index in [1.165, 1.54) is 244 Å². The summed E-state index contributed by atoms with van der Waals surface area (Å²) in [6, 6.07) is -0.998. The molecule has 0 aromatic heterocycles. The maximum atomic E-state index is 12.6. The number of carbonyl (C=O) groups is 1. The molecule has 0 spiro atoms. The summed E-state index contributed by atoms with van der Waals surface area (Å²) < 4.78 is 0. The number of hydrogen-bond donors (Lipinski definition) is 5. The van der Waals surface area contributed by atoms with Crippen LogP contribution >= 0.6 is 0 Å². The van der Waals surface area contributed by atoms with Gasteiger partial charge in [-0.1, -0.05) is 283 Å². The Kier molecular flexibility index (Phi) is 50.3. The molecule has 0 saturated carbocycles. The van der Waals surface area contributed by atoms with Gasteiger partial charge in [-0.05, 0) is 38.5 Å². The largest absolute Gasteiger partial charge is 0.394 e. The fraction of sp³-hybridized carbons (Fsp3) is 0.946. The predicted octanol–water partition coefficient (Wildman–Crippen LogP) is 16.1. The van der Waals surface area contributed by atoms with Crippen LogP contribution in [0, 0.1) is 0 Å². The van der Waals surface area contributed by atoms with Gasteiger partial charge in [-0.25, -0.2) is 0 Å². The van der Waals surface area contributed by atoms with Crippen LogP contribution in [-0.2, 0) is 4.79 Å². The molecule has 0 heterocycles. The molecule has 370 valence electrons. The van der Waals surface area contributed by atoms with E-state index in [2.05, 4.69) is 31.3 Å². The van der Waals surface area contributed by atoms with Gasteiger partial charge in [0.05, 0.1) is 18.8 Å². The quantitative estimate of drug-likeness (QED) is 0.0309. The van der Waals surface area contributed by atoms with E-state index < -0.39 is 36.9 Å². The second-order valence-electron chi connectivity index (χ2n) is 19.6. The molecular weight excluding hydrogens is 767 g/mol. The molecule has 1 amide bonds. The summed E-state index contributed by atoms with van der Waals surface area (Å²) in [5.74, 6) is -0.586. The average Bonchev–Trinajstić information content (AvgIpc) is 3.28. The maximum absolute atomic E-state index is 12.6. The number of unbranched alkanes of at least 4 members (excludes halogenated alkanes) is 41. The van der Waals surface area contributed by atoms with Gasteiger partial charge >= 0.3 is 0 Å². The number of aliphatic hydroxyl groups is 4. The van der Waals surface area contributed by atoms with Crippen molar-refractivity contribution in [3.63, 3.8) is 0 Å². The Morgan fingerprint density at radius 2 is 0.661 bits per heavy atom.